The van der Waals surface area contributed by atoms with Crippen molar-refractivity contribution in [3.05, 3.63) is 38.8 Å². The lowest BCUT2D eigenvalue weighted by molar-refractivity contribution is 0.0601. The molecule has 0 unspecified atom stereocenters. The van der Waals surface area contributed by atoms with Crippen molar-refractivity contribution in [2.75, 3.05) is 17.7 Å². The molecule has 0 aliphatic heterocycles. The molecule has 0 aromatic carbocycles. The fraction of sp³-hybridized carbons (Fsp3) is 0.267. The fourth-order valence-electron chi connectivity index (χ4n) is 2.51. The van der Waals surface area contributed by atoms with Gasteiger partial charge in [0.15, 0.2) is 5.11 Å². The van der Waals surface area contributed by atoms with Crippen molar-refractivity contribution < 1.29 is 9.53 Å². The molecule has 0 fully saturated rings. The third-order valence-electron chi connectivity index (χ3n) is 3.51. The minimum atomic E-state index is -0.323. The Morgan fingerprint density at radius 3 is 2.91 bits per heavy atom. The third kappa shape index (κ3) is 3.54. The summed E-state index contributed by atoms with van der Waals surface area (Å²) in [7, 11) is 1.40. The van der Waals surface area contributed by atoms with E-state index in [-0.39, 0.29) is 5.97 Å². The van der Waals surface area contributed by atoms with E-state index >= 15 is 0 Å². The molecule has 0 radical (unpaired) electrons. The summed E-state index contributed by atoms with van der Waals surface area (Å²) in [6, 6.07) is 3.69. The number of aryl methyl sites for hydroxylation is 1. The average Bonchev–Trinajstić information content (AvgIpc) is 3.09. The first-order chi connectivity index (χ1) is 11.1. The zero-order valence-electron chi connectivity index (χ0n) is 12.3. The lowest BCUT2D eigenvalue weighted by atomic mass is 10.1. The largest absolute Gasteiger partial charge is 0.465 e. The van der Waals surface area contributed by atoms with Crippen LogP contribution in [0, 0.1) is 0 Å². The van der Waals surface area contributed by atoms with Crippen LogP contribution in [0.3, 0.4) is 0 Å². The van der Waals surface area contributed by atoms with Crippen molar-refractivity contribution in [2.45, 2.75) is 19.3 Å². The molecule has 1 aliphatic rings. The van der Waals surface area contributed by atoms with Gasteiger partial charge in [-0.25, -0.2) is 9.78 Å². The molecule has 2 heterocycles. The predicted molar refractivity (Wildman–Crippen MR) is 99.5 cm³/mol. The van der Waals surface area contributed by atoms with Crippen LogP contribution in [-0.2, 0) is 17.6 Å². The molecule has 0 amide bonds. The highest BCUT2D eigenvalue weighted by Crippen LogP contribution is 2.39. The number of pyridine rings is 1. The molecule has 2 aromatic heterocycles. The number of esters is 1. The van der Waals surface area contributed by atoms with E-state index in [9.17, 15) is 4.79 Å². The Morgan fingerprint density at radius 2 is 2.22 bits per heavy atom. The second-order valence-electron chi connectivity index (χ2n) is 4.99. The zero-order chi connectivity index (χ0) is 16.4. The summed E-state index contributed by atoms with van der Waals surface area (Å²) in [5, 5.41) is 7.24. The molecular formula is C15H14BrN3O2S2. The summed E-state index contributed by atoms with van der Waals surface area (Å²) in [5.41, 5.74) is 1.70. The van der Waals surface area contributed by atoms with Crippen LogP contribution in [0.2, 0.25) is 0 Å². The van der Waals surface area contributed by atoms with E-state index in [4.69, 9.17) is 17.0 Å². The molecule has 0 spiro atoms. The first-order valence-electron chi connectivity index (χ1n) is 7.01. The Morgan fingerprint density at radius 1 is 1.39 bits per heavy atom. The highest BCUT2D eigenvalue weighted by molar-refractivity contribution is 9.10. The maximum atomic E-state index is 12.1. The molecule has 5 nitrogen and oxygen atoms in total. The lowest BCUT2D eigenvalue weighted by Crippen LogP contribution is -2.20. The van der Waals surface area contributed by atoms with Gasteiger partial charge in [0.2, 0.25) is 0 Å². The van der Waals surface area contributed by atoms with Crippen molar-refractivity contribution in [3.8, 4) is 0 Å². The number of thiocarbonyl (C=S) groups is 1. The normalized spacial score (nSPS) is 12.6. The van der Waals surface area contributed by atoms with Crippen LogP contribution in [0.4, 0.5) is 10.8 Å². The van der Waals surface area contributed by atoms with E-state index in [0.717, 1.165) is 34.3 Å². The van der Waals surface area contributed by atoms with Gasteiger partial charge in [-0.2, -0.15) is 0 Å². The monoisotopic (exact) mass is 411 g/mol. The molecule has 0 bridgehead atoms. The van der Waals surface area contributed by atoms with Crippen LogP contribution >= 0.6 is 39.5 Å². The summed E-state index contributed by atoms with van der Waals surface area (Å²) in [5.74, 6) is 0.311. The van der Waals surface area contributed by atoms with Crippen LogP contribution in [-0.4, -0.2) is 23.2 Å². The first-order valence-corrected chi connectivity index (χ1v) is 9.02. The van der Waals surface area contributed by atoms with Crippen LogP contribution < -0.4 is 10.6 Å². The first kappa shape index (κ1) is 16.4. The Balaban J connectivity index is 1.78. The molecule has 2 aromatic rings. The van der Waals surface area contributed by atoms with Gasteiger partial charge in [-0.3, -0.25) is 0 Å². The Hall–Kier alpha value is -1.51. The van der Waals surface area contributed by atoms with E-state index in [1.54, 1.807) is 17.5 Å². The maximum absolute atomic E-state index is 12.1. The Kier molecular flexibility index (Phi) is 4.93. The number of nitrogens with one attached hydrogen (secondary N) is 2. The second kappa shape index (κ2) is 6.94. The number of thiophene rings is 1. The molecule has 1 aliphatic carbocycles. The summed E-state index contributed by atoms with van der Waals surface area (Å²) >= 11 is 10.2. The highest BCUT2D eigenvalue weighted by Gasteiger charge is 2.27. The zero-order valence-corrected chi connectivity index (χ0v) is 15.5. The standard InChI is InChI=1S/C15H14BrN3O2S2/c1-21-14(20)12-9-3-2-4-10(9)23-13(12)19-15(22)18-11-6-5-8(16)7-17-11/h5-7H,2-4H2,1H3,(H2,17,18,19,22). The third-order valence-corrected chi connectivity index (χ3v) is 5.39. The number of carbonyl (C=O) groups excluding carboxylic acids is 1. The van der Waals surface area contributed by atoms with Gasteiger partial charge in [0.05, 0.1) is 12.7 Å². The number of nitrogens with zero attached hydrogens (tertiary/aromatic N) is 1. The molecule has 2 N–H and O–H groups in total. The van der Waals surface area contributed by atoms with Gasteiger partial charge >= 0.3 is 5.97 Å². The predicted octanol–water partition coefficient (Wildman–Crippen LogP) is 3.99. The maximum Gasteiger partial charge on any atom is 0.341 e. The summed E-state index contributed by atoms with van der Waals surface area (Å²) in [4.78, 5) is 17.5. The molecule has 0 saturated heterocycles. The van der Waals surface area contributed by atoms with Crippen molar-refractivity contribution in [2.24, 2.45) is 0 Å². The van der Waals surface area contributed by atoms with Gasteiger partial charge in [-0.1, -0.05) is 0 Å². The van der Waals surface area contributed by atoms with Crippen LogP contribution in [0.15, 0.2) is 22.8 Å². The molecule has 8 heteroatoms. The van der Waals surface area contributed by atoms with Crippen LogP contribution in [0.1, 0.15) is 27.2 Å². The van der Waals surface area contributed by atoms with E-state index in [1.807, 2.05) is 12.1 Å². The van der Waals surface area contributed by atoms with Gasteiger partial charge in [-0.15, -0.1) is 11.3 Å². The fourth-order valence-corrected chi connectivity index (χ4v) is 4.30. The van der Waals surface area contributed by atoms with E-state index < -0.39 is 0 Å². The number of hydrogen-bond donors (Lipinski definition) is 2. The number of ether oxygens (including phenoxy) is 1. The number of carbonyl (C=O) groups is 1. The topological polar surface area (TPSA) is 63.2 Å². The molecular weight excluding hydrogens is 398 g/mol. The quantitative estimate of drug-likeness (QED) is 0.587. The molecule has 23 heavy (non-hydrogen) atoms. The highest BCUT2D eigenvalue weighted by atomic mass is 79.9. The minimum absolute atomic E-state index is 0.323. The summed E-state index contributed by atoms with van der Waals surface area (Å²) in [6.45, 7) is 0. The van der Waals surface area contributed by atoms with Crippen molar-refractivity contribution in [1.29, 1.82) is 0 Å². The number of fused-ring (bicyclic) bond motifs is 1. The number of halogens is 1. The van der Waals surface area contributed by atoms with E-state index in [1.165, 1.54) is 12.0 Å². The molecule has 120 valence electrons. The van der Waals surface area contributed by atoms with Crippen molar-refractivity contribution in [3.63, 3.8) is 0 Å². The smallest absolute Gasteiger partial charge is 0.341 e. The minimum Gasteiger partial charge on any atom is -0.465 e. The van der Waals surface area contributed by atoms with Gasteiger partial charge < -0.3 is 15.4 Å². The van der Waals surface area contributed by atoms with Crippen molar-refractivity contribution in [1.82, 2.24) is 4.98 Å². The lowest BCUT2D eigenvalue weighted by Gasteiger charge is -2.10. The van der Waals surface area contributed by atoms with E-state index in [0.29, 0.717) is 16.5 Å². The van der Waals surface area contributed by atoms with Gasteiger partial charge in [-0.05, 0) is 65.1 Å². The average molecular weight is 412 g/mol. The molecule has 0 atom stereocenters. The van der Waals surface area contributed by atoms with Gasteiger partial charge in [0.1, 0.15) is 10.8 Å². The van der Waals surface area contributed by atoms with Gasteiger partial charge in [0.25, 0.3) is 0 Å². The second-order valence-corrected chi connectivity index (χ2v) is 7.42. The van der Waals surface area contributed by atoms with Crippen LogP contribution in [0.25, 0.3) is 0 Å². The number of hydrogen-bond acceptors (Lipinski definition) is 5. The summed E-state index contributed by atoms with van der Waals surface area (Å²) in [6.07, 6.45) is 4.67. The van der Waals surface area contributed by atoms with Crippen LogP contribution in [0.5, 0.6) is 0 Å². The number of rotatable bonds is 3. The number of methoxy groups -OCH3 is 1. The van der Waals surface area contributed by atoms with Gasteiger partial charge in [0, 0.05) is 15.5 Å². The number of anilines is 2. The SMILES string of the molecule is COC(=O)c1c(NC(=S)Nc2ccc(Br)cn2)sc2c1CCC2. The van der Waals surface area contributed by atoms with Crippen molar-refractivity contribution >= 4 is 61.4 Å². The van der Waals surface area contributed by atoms with E-state index in [2.05, 4.69) is 31.5 Å². The Labute approximate surface area is 151 Å². The number of aromatic nitrogens is 1. The summed E-state index contributed by atoms with van der Waals surface area (Å²) < 4.78 is 5.81. The molecule has 0 saturated carbocycles. The molecule has 3 rings (SSSR count). The Bertz CT molecular complexity index is 759.